The SMILES string of the molecule is CCCc1nn(C)c(NCc2cccc(C)n2)c1[N+](=O)[O-]. The van der Waals surface area contributed by atoms with Gasteiger partial charge in [-0.3, -0.25) is 15.1 Å². The van der Waals surface area contributed by atoms with Crippen LogP contribution in [-0.2, 0) is 20.0 Å². The zero-order valence-electron chi connectivity index (χ0n) is 12.5. The Labute approximate surface area is 123 Å². The number of nitrogens with zero attached hydrogens (tertiary/aromatic N) is 4. The molecule has 0 saturated carbocycles. The second-order valence-electron chi connectivity index (χ2n) is 4.90. The Morgan fingerprint density at radius 3 is 2.81 bits per heavy atom. The van der Waals surface area contributed by atoms with Crippen molar-refractivity contribution in [2.45, 2.75) is 33.2 Å². The first-order valence-corrected chi connectivity index (χ1v) is 6.89. The molecule has 7 nitrogen and oxygen atoms in total. The van der Waals surface area contributed by atoms with E-state index in [1.807, 2.05) is 32.0 Å². The van der Waals surface area contributed by atoms with Crippen LogP contribution in [0.3, 0.4) is 0 Å². The van der Waals surface area contributed by atoms with Crippen molar-refractivity contribution in [2.75, 3.05) is 5.32 Å². The number of nitrogens with one attached hydrogen (secondary N) is 1. The summed E-state index contributed by atoms with van der Waals surface area (Å²) in [6.45, 7) is 4.31. The molecule has 0 bridgehead atoms. The highest BCUT2D eigenvalue weighted by atomic mass is 16.6. The largest absolute Gasteiger partial charge is 0.359 e. The second kappa shape index (κ2) is 6.34. The molecule has 0 aromatic carbocycles. The molecule has 0 aliphatic carbocycles. The number of pyridine rings is 1. The van der Waals surface area contributed by atoms with Gasteiger partial charge in [0.1, 0.15) is 5.69 Å². The van der Waals surface area contributed by atoms with Crippen molar-refractivity contribution in [3.8, 4) is 0 Å². The van der Waals surface area contributed by atoms with Crippen molar-refractivity contribution in [1.29, 1.82) is 0 Å². The molecule has 7 heteroatoms. The fourth-order valence-corrected chi connectivity index (χ4v) is 2.24. The predicted octanol–water partition coefficient (Wildman–Crippen LogP) is 2.60. The summed E-state index contributed by atoms with van der Waals surface area (Å²) in [5, 5.41) is 18.6. The molecule has 0 fully saturated rings. The van der Waals surface area contributed by atoms with E-state index in [1.54, 1.807) is 7.05 Å². The van der Waals surface area contributed by atoms with E-state index < -0.39 is 0 Å². The van der Waals surface area contributed by atoms with Crippen molar-refractivity contribution < 1.29 is 4.92 Å². The van der Waals surface area contributed by atoms with E-state index in [4.69, 9.17) is 0 Å². The highest BCUT2D eigenvalue weighted by Gasteiger charge is 2.25. The van der Waals surface area contributed by atoms with Crippen LogP contribution in [0.1, 0.15) is 30.4 Å². The van der Waals surface area contributed by atoms with Crippen LogP contribution in [0.25, 0.3) is 0 Å². The Bertz CT molecular complexity index is 651. The van der Waals surface area contributed by atoms with E-state index in [2.05, 4.69) is 15.4 Å². The normalized spacial score (nSPS) is 10.6. The lowest BCUT2D eigenvalue weighted by molar-refractivity contribution is -0.384. The minimum Gasteiger partial charge on any atom is -0.359 e. The first-order valence-electron chi connectivity index (χ1n) is 6.89. The number of aryl methyl sites for hydroxylation is 3. The number of aromatic nitrogens is 3. The van der Waals surface area contributed by atoms with Crippen molar-refractivity contribution in [2.24, 2.45) is 7.05 Å². The molecule has 1 N–H and O–H groups in total. The summed E-state index contributed by atoms with van der Waals surface area (Å²) in [4.78, 5) is 15.3. The summed E-state index contributed by atoms with van der Waals surface area (Å²) in [6, 6.07) is 5.71. The number of hydrogen-bond donors (Lipinski definition) is 1. The molecule has 0 atom stereocenters. The van der Waals surface area contributed by atoms with Gasteiger partial charge in [0.25, 0.3) is 0 Å². The number of rotatable bonds is 6. The van der Waals surface area contributed by atoms with Crippen LogP contribution in [0.5, 0.6) is 0 Å². The molecule has 0 saturated heterocycles. The summed E-state index contributed by atoms with van der Waals surface area (Å²) in [6.07, 6.45) is 1.41. The third kappa shape index (κ3) is 3.36. The Kier molecular flexibility index (Phi) is 4.52. The van der Waals surface area contributed by atoms with Gasteiger partial charge in [0.2, 0.25) is 5.82 Å². The van der Waals surface area contributed by atoms with Gasteiger partial charge in [-0.2, -0.15) is 5.10 Å². The topological polar surface area (TPSA) is 85.9 Å². The van der Waals surface area contributed by atoms with Gasteiger partial charge >= 0.3 is 5.69 Å². The van der Waals surface area contributed by atoms with Gasteiger partial charge in [0, 0.05) is 12.7 Å². The number of hydrogen-bond acceptors (Lipinski definition) is 5. The zero-order valence-corrected chi connectivity index (χ0v) is 12.5. The lowest BCUT2D eigenvalue weighted by atomic mass is 10.2. The minimum absolute atomic E-state index is 0.0620. The van der Waals surface area contributed by atoms with Gasteiger partial charge in [0.15, 0.2) is 0 Å². The maximum Gasteiger partial charge on any atom is 0.334 e. The molecule has 0 amide bonds. The Morgan fingerprint density at radius 1 is 1.43 bits per heavy atom. The van der Waals surface area contributed by atoms with Crippen LogP contribution in [0.4, 0.5) is 11.5 Å². The van der Waals surface area contributed by atoms with Crippen molar-refractivity contribution in [1.82, 2.24) is 14.8 Å². The average molecular weight is 289 g/mol. The molecule has 2 heterocycles. The molecule has 2 aromatic rings. The fraction of sp³-hybridized carbons (Fsp3) is 0.429. The van der Waals surface area contributed by atoms with E-state index in [-0.39, 0.29) is 10.6 Å². The van der Waals surface area contributed by atoms with Crippen LogP contribution in [0.15, 0.2) is 18.2 Å². The van der Waals surface area contributed by atoms with Crippen LogP contribution in [0, 0.1) is 17.0 Å². The lowest BCUT2D eigenvalue weighted by Crippen LogP contribution is -2.07. The van der Waals surface area contributed by atoms with Gasteiger partial charge < -0.3 is 5.32 Å². The summed E-state index contributed by atoms with van der Waals surface area (Å²) in [7, 11) is 1.71. The molecule has 0 unspecified atom stereocenters. The smallest absolute Gasteiger partial charge is 0.334 e. The summed E-state index contributed by atoms with van der Waals surface area (Å²) < 4.78 is 1.53. The van der Waals surface area contributed by atoms with Gasteiger partial charge in [-0.05, 0) is 25.5 Å². The highest BCUT2D eigenvalue weighted by molar-refractivity contribution is 5.59. The van der Waals surface area contributed by atoms with Crippen LogP contribution >= 0.6 is 0 Å². The van der Waals surface area contributed by atoms with E-state index in [0.29, 0.717) is 24.5 Å². The molecule has 0 aliphatic rings. The lowest BCUT2D eigenvalue weighted by Gasteiger charge is -2.06. The monoisotopic (exact) mass is 289 g/mol. The number of anilines is 1. The predicted molar refractivity (Wildman–Crippen MR) is 80.2 cm³/mol. The molecule has 2 aromatic heterocycles. The van der Waals surface area contributed by atoms with Crippen molar-refractivity contribution >= 4 is 11.5 Å². The summed E-state index contributed by atoms with van der Waals surface area (Å²) in [5.74, 6) is 0.423. The molecule has 21 heavy (non-hydrogen) atoms. The van der Waals surface area contributed by atoms with E-state index in [9.17, 15) is 10.1 Å². The zero-order chi connectivity index (χ0) is 15.4. The van der Waals surface area contributed by atoms with Crippen LogP contribution in [0.2, 0.25) is 0 Å². The molecule has 0 aliphatic heterocycles. The molecule has 112 valence electrons. The summed E-state index contributed by atoms with van der Waals surface area (Å²) in [5.41, 5.74) is 2.33. The number of nitro groups is 1. The third-order valence-corrected chi connectivity index (χ3v) is 3.14. The quantitative estimate of drug-likeness (QED) is 0.652. The van der Waals surface area contributed by atoms with Gasteiger partial charge in [0.05, 0.1) is 17.2 Å². The van der Waals surface area contributed by atoms with Crippen molar-refractivity contribution in [3.63, 3.8) is 0 Å². The van der Waals surface area contributed by atoms with Gasteiger partial charge in [-0.25, -0.2) is 4.68 Å². The van der Waals surface area contributed by atoms with E-state index in [0.717, 1.165) is 17.8 Å². The third-order valence-electron chi connectivity index (χ3n) is 3.14. The molecular weight excluding hydrogens is 270 g/mol. The molecule has 0 radical (unpaired) electrons. The van der Waals surface area contributed by atoms with Gasteiger partial charge in [-0.15, -0.1) is 0 Å². The Morgan fingerprint density at radius 2 is 2.19 bits per heavy atom. The minimum atomic E-state index is -0.371. The van der Waals surface area contributed by atoms with Crippen LogP contribution < -0.4 is 5.32 Å². The Balaban J connectivity index is 2.25. The fourth-order valence-electron chi connectivity index (χ4n) is 2.24. The molecule has 0 spiro atoms. The second-order valence-corrected chi connectivity index (χ2v) is 4.90. The average Bonchev–Trinajstić information content (AvgIpc) is 2.73. The molecule has 2 rings (SSSR count). The standard InChI is InChI=1S/C14H19N5O2/c1-4-6-12-13(19(20)21)14(18(3)17-12)15-9-11-8-5-7-10(2)16-11/h5,7-8,15H,4,6,9H2,1-3H3. The maximum absolute atomic E-state index is 11.3. The first-order chi connectivity index (χ1) is 10.0. The van der Waals surface area contributed by atoms with E-state index >= 15 is 0 Å². The maximum atomic E-state index is 11.3. The Hall–Kier alpha value is -2.44. The molecular formula is C14H19N5O2. The highest BCUT2D eigenvalue weighted by Crippen LogP contribution is 2.29. The van der Waals surface area contributed by atoms with Gasteiger partial charge in [-0.1, -0.05) is 19.4 Å². The summed E-state index contributed by atoms with van der Waals surface area (Å²) >= 11 is 0. The first kappa shape index (κ1) is 15.0. The van der Waals surface area contributed by atoms with E-state index in [1.165, 1.54) is 4.68 Å². The van der Waals surface area contributed by atoms with Crippen LogP contribution in [-0.4, -0.2) is 19.7 Å². The van der Waals surface area contributed by atoms with Crippen molar-refractivity contribution in [3.05, 3.63) is 45.4 Å².